The van der Waals surface area contributed by atoms with Gasteiger partial charge in [0.25, 0.3) is 20.0 Å². The zero-order valence-electron chi connectivity index (χ0n) is 22.1. The number of aromatic carboxylic acids is 2. The lowest BCUT2D eigenvalue weighted by Gasteiger charge is -2.16. The standard InChI is InChI=1S/C28H24N2O10S2/c1-39-23-15-17(11-13-21(23)29-41(35,36)25-9-5-3-7-19(25)27(31)32)18-12-14-22(24(16-18)40-2)30-42(37,38)26-10-6-4-8-20(26)28(33)34/h3-16,29-30H,1-2H3,(H,31,32)(H,33,34). The third kappa shape index (κ3) is 6.14. The van der Waals surface area contributed by atoms with E-state index in [1.807, 2.05) is 0 Å². The molecule has 0 heterocycles. The third-order valence-electron chi connectivity index (χ3n) is 6.04. The molecule has 14 heteroatoms. The highest BCUT2D eigenvalue weighted by atomic mass is 32.2. The van der Waals surface area contributed by atoms with Crippen molar-refractivity contribution in [3.63, 3.8) is 0 Å². The molecule has 0 aliphatic carbocycles. The van der Waals surface area contributed by atoms with E-state index in [2.05, 4.69) is 9.44 Å². The van der Waals surface area contributed by atoms with E-state index in [4.69, 9.17) is 9.47 Å². The van der Waals surface area contributed by atoms with Gasteiger partial charge in [-0.3, -0.25) is 9.44 Å². The molecule has 42 heavy (non-hydrogen) atoms. The number of rotatable bonds is 11. The Morgan fingerprint density at radius 2 is 0.952 bits per heavy atom. The first-order valence-electron chi connectivity index (χ1n) is 11.9. The highest BCUT2D eigenvalue weighted by Crippen LogP contribution is 2.36. The van der Waals surface area contributed by atoms with Crippen LogP contribution in [0.1, 0.15) is 20.7 Å². The van der Waals surface area contributed by atoms with E-state index < -0.39 is 52.9 Å². The van der Waals surface area contributed by atoms with Crippen molar-refractivity contribution in [3.8, 4) is 22.6 Å². The largest absolute Gasteiger partial charge is 0.495 e. The predicted molar refractivity (Wildman–Crippen MR) is 153 cm³/mol. The Hall–Kier alpha value is -5.08. The molecule has 4 aromatic carbocycles. The minimum absolute atomic E-state index is 0.0508. The van der Waals surface area contributed by atoms with Gasteiger partial charge in [0.2, 0.25) is 0 Å². The first kappa shape index (κ1) is 29.9. The molecule has 0 amide bonds. The fourth-order valence-corrected chi connectivity index (χ4v) is 6.61. The molecule has 0 aliphatic heterocycles. The van der Waals surface area contributed by atoms with Crippen LogP contribution < -0.4 is 18.9 Å². The topological polar surface area (TPSA) is 185 Å². The number of carboxylic acid groups (broad SMARTS) is 2. The average molecular weight is 613 g/mol. The van der Waals surface area contributed by atoms with Crippen molar-refractivity contribution in [1.82, 2.24) is 0 Å². The summed E-state index contributed by atoms with van der Waals surface area (Å²) in [6.07, 6.45) is 0. The summed E-state index contributed by atoms with van der Waals surface area (Å²) < 4.78 is 67.5. The van der Waals surface area contributed by atoms with E-state index in [1.165, 1.54) is 87.0 Å². The molecule has 0 saturated heterocycles. The normalized spacial score (nSPS) is 11.4. The minimum Gasteiger partial charge on any atom is -0.495 e. The van der Waals surface area contributed by atoms with Crippen LogP contribution in [0.3, 0.4) is 0 Å². The molecule has 0 atom stereocenters. The van der Waals surface area contributed by atoms with Gasteiger partial charge >= 0.3 is 11.9 Å². The van der Waals surface area contributed by atoms with Gasteiger partial charge in [-0.1, -0.05) is 36.4 Å². The Labute approximate surface area is 241 Å². The quantitative estimate of drug-likeness (QED) is 0.190. The number of nitrogens with one attached hydrogen (secondary N) is 2. The average Bonchev–Trinajstić information content (AvgIpc) is 2.97. The maximum Gasteiger partial charge on any atom is 0.337 e. The van der Waals surface area contributed by atoms with Gasteiger partial charge in [-0.15, -0.1) is 0 Å². The smallest absolute Gasteiger partial charge is 0.337 e. The third-order valence-corrected chi connectivity index (χ3v) is 8.89. The fourth-order valence-electron chi connectivity index (χ4n) is 4.06. The number of ether oxygens (including phenoxy) is 2. The zero-order valence-corrected chi connectivity index (χ0v) is 23.7. The molecule has 4 aromatic rings. The zero-order chi connectivity index (χ0) is 30.7. The molecule has 0 saturated carbocycles. The number of sulfonamides is 2. The molecule has 12 nitrogen and oxygen atoms in total. The molecular weight excluding hydrogens is 588 g/mol. The van der Waals surface area contributed by atoms with Crippen LogP contribution in [0.5, 0.6) is 11.5 Å². The van der Waals surface area contributed by atoms with Crippen LogP contribution in [0, 0.1) is 0 Å². The molecule has 0 spiro atoms. The lowest BCUT2D eigenvalue weighted by molar-refractivity contribution is 0.0682. The second kappa shape index (κ2) is 11.8. The van der Waals surface area contributed by atoms with E-state index in [1.54, 1.807) is 12.1 Å². The van der Waals surface area contributed by atoms with E-state index in [9.17, 15) is 36.6 Å². The summed E-state index contributed by atoms with van der Waals surface area (Å²) in [7, 11) is -5.94. The summed E-state index contributed by atoms with van der Waals surface area (Å²) in [5.41, 5.74) is 0.406. The molecule has 0 fully saturated rings. The molecule has 0 aromatic heterocycles. The molecule has 4 rings (SSSR count). The summed E-state index contributed by atoms with van der Waals surface area (Å²) in [5, 5.41) is 18.8. The molecule has 218 valence electrons. The maximum atomic E-state index is 13.0. The second-order valence-electron chi connectivity index (χ2n) is 8.64. The monoisotopic (exact) mass is 612 g/mol. The first-order chi connectivity index (χ1) is 19.9. The van der Waals surface area contributed by atoms with Crippen LogP contribution in [-0.4, -0.2) is 53.2 Å². The van der Waals surface area contributed by atoms with Crippen LogP contribution >= 0.6 is 0 Å². The number of anilines is 2. The Balaban J connectivity index is 1.65. The predicted octanol–water partition coefficient (Wildman–Crippen LogP) is 4.37. The lowest BCUT2D eigenvalue weighted by Crippen LogP contribution is -2.17. The number of benzene rings is 4. The summed E-state index contributed by atoms with van der Waals surface area (Å²) in [5.74, 6) is -2.55. The van der Waals surface area contributed by atoms with Gasteiger partial charge in [0.15, 0.2) is 0 Å². The SMILES string of the molecule is COc1cc(-c2ccc(NS(=O)(=O)c3ccccc3C(=O)O)c(OC)c2)ccc1NS(=O)(=O)c1ccccc1C(=O)O. The molecule has 0 radical (unpaired) electrons. The maximum absolute atomic E-state index is 13.0. The minimum atomic E-state index is -4.30. The van der Waals surface area contributed by atoms with Crippen molar-refractivity contribution < 1.29 is 46.1 Å². The molecule has 4 N–H and O–H groups in total. The van der Waals surface area contributed by atoms with Gasteiger partial charge in [-0.05, 0) is 59.7 Å². The molecular formula is C28H24N2O10S2. The number of hydrogen-bond donors (Lipinski definition) is 4. The van der Waals surface area contributed by atoms with Gasteiger partial charge < -0.3 is 19.7 Å². The second-order valence-corrected chi connectivity index (χ2v) is 11.9. The van der Waals surface area contributed by atoms with E-state index >= 15 is 0 Å². The van der Waals surface area contributed by atoms with Crippen LogP contribution in [0.15, 0.2) is 94.7 Å². The van der Waals surface area contributed by atoms with E-state index in [0.29, 0.717) is 11.1 Å². The van der Waals surface area contributed by atoms with Crippen molar-refractivity contribution in [2.75, 3.05) is 23.7 Å². The number of carboxylic acids is 2. The number of hydrogen-bond acceptors (Lipinski definition) is 8. The summed E-state index contributed by atoms with van der Waals surface area (Å²) >= 11 is 0. The highest BCUT2D eigenvalue weighted by Gasteiger charge is 2.25. The Morgan fingerprint density at radius 3 is 1.29 bits per heavy atom. The molecule has 0 unspecified atom stereocenters. The van der Waals surface area contributed by atoms with Crippen LogP contribution in [0.4, 0.5) is 11.4 Å². The van der Waals surface area contributed by atoms with E-state index in [0.717, 1.165) is 0 Å². The van der Waals surface area contributed by atoms with Gasteiger partial charge in [0.1, 0.15) is 21.3 Å². The van der Waals surface area contributed by atoms with Crippen molar-refractivity contribution in [2.45, 2.75) is 9.79 Å². The summed E-state index contributed by atoms with van der Waals surface area (Å²) in [4.78, 5) is 22.2. The van der Waals surface area contributed by atoms with Crippen molar-refractivity contribution in [1.29, 1.82) is 0 Å². The summed E-state index contributed by atoms with van der Waals surface area (Å²) in [6.45, 7) is 0. The Bertz CT molecular complexity index is 1770. The molecule has 0 bridgehead atoms. The van der Waals surface area contributed by atoms with Crippen molar-refractivity contribution >= 4 is 43.4 Å². The lowest BCUT2D eigenvalue weighted by atomic mass is 10.0. The van der Waals surface area contributed by atoms with Crippen molar-refractivity contribution in [3.05, 3.63) is 96.1 Å². The number of methoxy groups -OCH3 is 2. The number of carbonyl (C=O) groups is 2. The van der Waals surface area contributed by atoms with Crippen LogP contribution in [0.2, 0.25) is 0 Å². The van der Waals surface area contributed by atoms with Gasteiger partial charge in [0, 0.05) is 0 Å². The van der Waals surface area contributed by atoms with Crippen LogP contribution in [-0.2, 0) is 20.0 Å². The van der Waals surface area contributed by atoms with Crippen molar-refractivity contribution in [2.24, 2.45) is 0 Å². The summed E-state index contributed by atoms with van der Waals surface area (Å²) in [6, 6.07) is 19.4. The Morgan fingerprint density at radius 1 is 0.595 bits per heavy atom. The van der Waals surface area contributed by atoms with Gasteiger partial charge in [-0.2, -0.15) is 0 Å². The molecule has 0 aliphatic rings. The van der Waals surface area contributed by atoms with Crippen LogP contribution in [0.25, 0.3) is 11.1 Å². The first-order valence-corrected chi connectivity index (χ1v) is 14.9. The highest BCUT2D eigenvalue weighted by molar-refractivity contribution is 7.93. The fraction of sp³-hybridized carbons (Fsp3) is 0.0714. The van der Waals surface area contributed by atoms with Gasteiger partial charge in [-0.25, -0.2) is 26.4 Å². The van der Waals surface area contributed by atoms with Gasteiger partial charge in [0.05, 0.1) is 36.7 Å². The van der Waals surface area contributed by atoms with E-state index in [-0.39, 0.29) is 22.9 Å². The Kier molecular flexibility index (Phi) is 8.40.